The van der Waals surface area contributed by atoms with Crippen LogP contribution >= 0.6 is 15.9 Å². The first kappa shape index (κ1) is 14.1. The zero-order valence-corrected chi connectivity index (χ0v) is 12.7. The van der Waals surface area contributed by atoms with Crippen LogP contribution in [0.2, 0.25) is 0 Å². The van der Waals surface area contributed by atoms with Crippen molar-refractivity contribution >= 4 is 15.9 Å². The van der Waals surface area contributed by atoms with Crippen molar-refractivity contribution in [2.45, 2.75) is 32.1 Å². The maximum Gasteiger partial charge on any atom is 0.130 e. The summed E-state index contributed by atoms with van der Waals surface area (Å²) in [6.45, 7) is 2.22. The molecule has 1 N–H and O–H groups in total. The van der Waals surface area contributed by atoms with Crippen molar-refractivity contribution in [1.82, 2.24) is 0 Å². The van der Waals surface area contributed by atoms with Crippen LogP contribution in [0.15, 0.2) is 53.0 Å². The zero-order chi connectivity index (χ0) is 13.7. The molecule has 100 valence electrons. The summed E-state index contributed by atoms with van der Waals surface area (Å²) in [7, 11) is 0. The van der Waals surface area contributed by atoms with Crippen LogP contribution in [0.5, 0.6) is 5.75 Å². The Kier molecular flexibility index (Phi) is 5.03. The van der Waals surface area contributed by atoms with E-state index in [1.165, 1.54) is 17.5 Å². The van der Waals surface area contributed by atoms with Gasteiger partial charge in [-0.05, 0) is 64.4 Å². The van der Waals surface area contributed by atoms with Crippen molar-refractivity contribution in [3.8, 4) is 5.75 Å². The van der Waals surface area contributed by atoms with Crippen molar-refractivity contribution in [3.05, 3.63) is 64.1 Å². The predicted octanol–water partition coefficient (Wildman–Crippen LogP) is 5.28. The van der Waals surface area contributed by atoms with Gasteiger partial charge in [0, 0.05) is 0 Å². The van der Waals surface area contributed by atoms with E-state index in [9.17, 15) is 5.11 Å². The topological polar surface area (TPSA) is 20.2 Å². The third kappa shape index (κ3) is 4.10. The number of halogens is 1. The molecular weight excluding hydrogens is 300 g/mol. The molecule has 1 nitrogen and oxygen atoms in total. The van der Waals surface area contributed by atoms with Gasteiger partial charge in [0.2, 0.25) is 0 Å². The third-order valence-corrected chi connectivity index (χ3v) is 4.16. The SMILES string of the molecule is CC(CCCc1ccccc1)c1ccc(Br)c(O)c1. The lowest BCUT2D eigenvalue weighted by molar-refractivity contribution is 0.470. The molecule has 1 unspecified atom stereocenters. The molecule has 0 aliphatic rings. The highest BCUT2D eigenvalue weighted by Crippen LogP contribution is 2.29. The molecule has 0 heterocycles. The Morgan fingerprint density at radius 2 is 1.84 bits per heavy atom. The van der Waals surface area contributed by atoms with E-state index in [0.717, 1.165) is 17.3 Å². The summed E-state index contributed by atoms with van der Waals surface area (Å²) in [4.78, 5) is 0. The van der Waals surface area contributed by atoms with Gasteiger partial charge >= 0.3 is 0 Å². The number of phenolic OH excluding ortho intramolecular Hbond substituents is 1. The first-order chi connectivity index (χ1) is 9.16. The Morgan fingerprint density at radius 1 is 1.11 bits per heavy atom. The van der Waals surface area contributed by atoms with E-state index in [1.807, 2.05) is 12.1 Å². The summed E-state index contributed by atoms with van der Waals surface area (Å²) in [5.74, 6) is 0.801. The summed E-state index contributed by atoms with van der Waals surface area (Å²) < 4.78 is 0.757. The van der Waals surface area contributed by atoms with Crippen LogP contribution in [0, 0.1) is 0 Å². The lowest BCUT2D eigenvalue weighted by Crippen LogP contribution is -1.95. The second-order valence-electron chi connectivity index (χ2n) is 4.99. The Morgan fingerprint density at radius 3 is 2.53 bits per heavy atom. The molecule has 1 atom stereocenters. The molecular formula is C17H19BrO. The van der Waals surface area contributed by atoms with Crippen LogP contribution < -0.4 is 0 Å². The van der Waals surface area contributed by atoms with Crippen LogP contribution in [0.1, 0.15) is 36.8 Å². The highest BCUT2D eigenvalue weighted by atomic mass is 79.9. The van der Waals surface area contributed by atoms with Gasteiger partial charge in [-0.25, -0.2) is 0 Å². The van der Waals surface area contributed by atoms with E-state index in [0.29, 0.717) is 11.7 Å². The van der Waals surface area contributed by atoms with Gasteiger partial charge in [-0.2, -0.15) is 0 Å². The van der Waals surface area contributed by atoms with Crippen LogP contribution in [0.4, 0.5) is 0 Å². The van der Waals surface area contributed by atoms with Gasteiger partial charge in [-0.15, -0.1) is 0 Å². The molecule has 0 aromatic heterocycles. The molecule has 0 saturated carbocycles. The van der Waals surface area contributed by atoms with Gasteiger partial charge in [0.15, 0.2) is 0 Å². The van der Waals surface area contributed by atoms with Gasteiger partial charge < -0.3 is 5.11 Å². The minimum atomic E-state index is 0.326. The molecule has 2 rings (SSSR count). The average Bonchev–Trinajstić information content (AvgIpc) is 2.43. The largest absolute Gasteiger partial charge is 0.507 e. The lowest BCUT2D eigenvalue weighted by Gasteiger charge is -2.12. The van der Waals surface area contributed by atoms with Crippen LogP contribution in [0.25, 0.3) is 0 Å². The summed E-state index contributed by atoms with van der Waals surface area (Å²) in [5.41, 5.74) is 2.60. The molecule has 0 spiro atoms. The van der Waals surface area contributed by atoms with Crippen molar-refractivity contribution in [1.29, 1.82) is 0 Å². The number of phenols is 1. The van der Waals surface area contributed by atoms with Crippen molar-refractivity contribution < 1.29 is 5.11 Å². The normalized spacial score (nSPS) is 12.3. The van der Waals surface area contributed by atoms with Crippen LogP contribution in [-0.4, -0.2) is 5.11 Å². The van der Waals surface area contributed by atoms with Crippen LogP contribution in [-0.2, 0) is 6.42 Å². The molecule has 0 radical (unpaired) electrons. The maximum absolute atomic E-state index is 9.71. The van der Waals surface area contributed by atoms with E-state index in [4.69, 9.17) is 0 Å². The fraction of sp³-hybridized carbons (Fsp3) is 0.294. The van der Waals surface area contributed by atoms with Gasteiger partial charge in [-0.1, -0.05) is 43.3 Å². The Balaban J connectivity index is 1.87. The number of hydrogen-bond acceptors (Lipinski definition) is 1. The Hall–Kier alpha value is -1.28. The summed E-state index contributed by atoms with van der Waals surface area (Å²) in [5, 5.41) is 9.71. The molecule has 19 heavy (non-hydrogen) atoms. The minimum absolute atomic E-state index is 0.326. The van der Waals surface area contributed by atoms with Gasteiger partial charge in [-0.3, -0.25) is 0 Å². The predicted molar refractivity (Wildman–Crippen MR) is 83.6 cm³/mol. The summed E-state index contributed by atoms with van der Waals surface area (Å²) >= 11 is 3.31. The second kappa shape index (κ2) is 6.76. The van der Waals surface area contributed by atoms with E-state index in [2.05, 4.69) is 59.3 Å². The molecule has 2 aromatic carbocycles. The summed E-state index contributed by atoms with van der Waals surface area (Å²) in [6.07, 6.45) is 3.42. The Labute approximate surface area is 123 Å². The number of aryl methyl sites for hydroxylation is 1. The number of hydrogen-bond donors (Lipinski definition) is 1. The fourth-order valence-corrected chi connectivity index (χ4v) is 2.51. The third-order valence-electron chi connectivity index (χ3n) is 3.48. The lowest BCUT2D eigenvalue weighted by atomic mass is 9.94. The standard InChI is InChI=1S/C17H19BrO/c1-13(15-10-11-16(18)17(19)12-15)6-5-9-14-7-3-2-4-8-14/h2-4,7-8,10-13,19H,5-6,9H2,1H3. The minimum Gasteiger partial charge on any atom is -0.507 e. The second-order valence-corrected chi connectivity index (χ2v) is 5.84. The van der Waals surface area contributed by atoms with Gasteiger partial charge in [0.05, 0.1) is 4.47 Å². The van der Waals surface area contributed by atoms with Gasteiger partial charge in [0.1, 0.15) is 5.75 Å². The van der Waals surface area contributed by atoms with Crippen LogP contribution in [0.3, 0.4) is 0 Å². The van der Waals surface area contributed by atoms with Gasteiger partial charge in [0.25, 0.3) is 0 Å². The smallest absolute Gasteiger partial charge is 0.130 e. The molecule has 0 aliphatic carbocycles. The maximum atomic E-state index is 9.71. The first-order valence-corrected chi connectivity index (χ1v) is 7.48. The molecule has 2 aromatic rings. The number of benzene rings is 2. The van der Waals surface area contributed by atoms with E-state index < -0.39 is 0 Å². The zero-order valence-electron chi connectivity index (χ0n) is 11.1. The van der Waals surface area contributed by atoms with Crippen molar-refractivity contribution in [3.63, 3.8) is 0 Å². The molecule has 0 amide bonds. The number of rotatable bonds is 5. The first-order valence-electron chi connectivity index (χ1n) is 6.69. The van der Waals surface area contributed by atoms with Crippen molar-refractivity contribution in [2.75, 3.05) is 0 Å². The van der Waals surface area contributed by atoms with E-state index in [1.54, 1.807) is 0 Å². The summed E-state index contributed by atoms with van der Waals surface area (Å²) in [6, 6.07) is 16.4. The molecule has 0 aliphatic heterocycles. The highest BCUT2D eigenvalue weighted by Gasteiger charge is 2.08. The van der Waals surface area contributed by atoms with Crippen molar-refractivity contribution in [2.24, 2.45) is 0 Å². The highest BCUT2D eigenvalue weighted by molar-refractivity contribution is 9.10. The molecule has 0 bridgehead atoms. The quantitative estimate of drug-likeness (QED) is 0.795. The Bertz CT molecular complexity index is 522. The molecule has 2 heteroatoms. The monoisotopic (exact) mass is 318 g/mol. The van der Waals surface area contributed by atoms with E-state index in [-0.39, 0.29) is 0 Å². The van der Waals surface area contributed by atoms with E-state index >= 15 is 0 Å². The molecule has 0 saturated heterocycles. The molecule has 0 fully saturated rings. The average molecular weight is 319 g/mol. The fourth-order valence-electron chi connectivity index (χ4n) is 2.26. The number of aromatic hydroxyl groups is 1.